The van der Waals surface area contributed by atoms with Crippen molar-refractivity contribution in [2.75, 3.05) is 20.7 Å². The Balaban J connectivity index is 0.00000155. The number of nitrogens with one attached hydrogen (secondary N) is 2. The van der Waals surface area contributed by atoms with Gasteiger partial charge in [0.15, 0.2) is 0 Å². The van der Waals surface area contributed by atoms with Crippen LogP contribution in [0.15, 0.2) is 30.5 Å². The lowest BCUT2D eigenvalue weighted by Crippen LogP contribution is -2.52. The van der Waals surface area contributed by atoms with Crippen molar-refractivity contribution in [3.8, 4) is 0 Å². The van der Waals surface area contributed by atoms with Crippen LogP contribution in [0.2, 0.25) is 0 Å². The molecule has 1 fully saturated rings. The van der Waals surface area contributed by atoms with Crippen molar-refractivity contribution < 1.29 is 14.3 Å². The van der Waals surface area contributed by atoms with Crippen molar-refractivity contribution in [1.82, 2.24) is 15.2 Å². The Labute approximate surface area is 179 Å². The molecule has 4 atom stereocenters. The monoisotopic (exact) mass is 416 g/mol. The highest BCUT2D eigenvalue weighted by molar-refractivity contribution is 5.89. The molecule has 1 aliphatic heterocycles. The van der Waals surface area contributed by atoms with Gasteiger partial charge in [0.05, 0.1) is 12.0 Å². The van der Waals surface area contributed by atoms with Gasteiger partial charge < -0.3 is 25.7 Å². The third-order valence-electron chi connectivity index (χ3n) is 5.89. The third-order valence-corrected chi connectivity index (χ3v) is 5.89. The van der Waals surface area contributed by atoms with Crippen molar-refractivity contribution in [2.24, 2.45) is 11.7 Å². The summed E-state index contributed by atoms with van der Waals surface area (Å²) in [6.07, 6.45) is 4.08. The van der Waals surface area contributed by atoms with Crippen LogP contribution in [0, 0.1) is 5.92 Å². The summed E-state index contributed by atoms with van der Waals surface area (Å²) in [5.41, 5.74) is 7.54. The van der Waals surface area contributed by atoms with E-state index in [1.807, 2.05) is 51.2 Å². The zero-order valence-electron chi connectivity index (χ0n) is 18.8. The van der Waals surface area contributed by atoms with E-state index >= 15 is 0 Å². The molecule has 0 unspecified atom stereocenters. The first-order chi connectivity index (χ1) is 14.4. The Morgan fingerprint density at radius 1 is 1.33 bits per heavy atom. The second-order valence-electron chi connectivity index (χ2n) is 7.71. The number of H-pyrrole nitrogens is 1. The molecule has 2 heterocycles. The van der Waals surface area contributed by atoms with E-state index in [0.717, 1.165) is 35.9 Å². The summed E-state index contributed by atoms with van der Waals surface area (Å²) in [6, 6.07) is 7.28. The van der Waals surface area contributed by atoms with Crippen LogP contribution >= 0.6 is 0 Å². The largest absolute Gasteiger partial charge is 0.379 e. The molecule has 1 saturated heterocycles. The topological polar surface area (TPSA) is 100 Å². The van der Waals surface area contributed by atoms with Crippen LogP contribution in [0.1, 0.15) is 39.2 Å². The number of methoxy groups -OCH3 is 1. The molecule has 166 valence electrons. The van der Waals surface area contributed by atoms with Gasteiger partial charge in [0, 0.05) is 36.7 Å². The minimum absolute atomic E-state index is 0.200. The predicted octanol–water partition coefficient (Wildman–Crippen LogP) is 2.45. The summed E-state index contributed by atoms with van der Waals surface area (Å²) in [5.74, 6) is -1.14. The average Bonchev–Trinajstić information content (AvgIpc) is 3.36. The molecule has 0 aliphatic carbocycles. The molecule has 3 rings (SSSR count). The molecule has 0 radical (unpaired) electrons. The Bertz CT molecular complexity index is 835. The zero-order valence-corrected chi connectivity index (χ0v) is 18.8. The van der Waals surface area contributed by atoms with E-state index in [1.54, 1.807) is 7.11 Å². The number of likely N-dealkylation sites (tertiary alicyclic amines) is 1. The smallest absolute Gasteiger partial charge is 0.240 e. The zero-order chi connectivity index (χ0) is 22.3. The fourth-order valence-electron chi connectivity index (χ4n) is 4.24. The van der Waals surface area contributed by atoms with Crippen molar-refractivity contribution >= 4 is 22.7 Å². The number of aromatic nitrogens is 1. The molecule has 30 heavy (non-hydrogen) atoms. The third kappa shape index (κ3) is 5.40. The van der Waals surface area contributed by atoms with Gasteiger partial charge >= 0.3 is 0 Å². The SMILES string of the molecule is CC.CO[C@H]([C@@H](C)C(=O)N[C@@H](Cc1c[nH]c2ccccc12)C(N)=O)[C@@H]1CCCN1C. The number of carbonyl (C=O) groups excluding carboxylic acids is 2. The van der Waals surface area contributed by atoms with E-state index in [1.165, 1.54) is 0 Å². The number of nitrogens with zero attached hydrogens (tertiary/aromatic N) is 1. The normalized spacial score (nSPS) is 19.6. The highest BCUT2D eigenvalue weighted by Crippen LogP contribution is 2.25. The van der Waals surface area contributed by atoms with E-state index in [9.17, 15) is 9.59 Å². The van der Waals surface area contributed by atoms with E-state index in [-0.39, 0.29) is 24.0 Å². The maximum atomic E-state index is 12.9. The van der Waals surface area contributed by atoms with Crippen molar-refractivity contribution in [3.05, 3.63) is 36.0 Å². The lowest BCUT2D eigenvalue weighted by molar-refractivity contribution is -0.134. The first-order valence-corrected chi connectivity index (χ1v) is 10.8. The van der Waals surface area contributed by atoms with Crippen LogP contribution in [0.3, 0.4) is 0 Å². The van der Waals surface area contributed by atoms with Gasteiger partial charge in [-0.25, -0.2) is 0 Å². The molecule has 2 amide bonds. The molecular weight excluding hydrogens is 380 g/mol. The van der Waals surface area contributed by atoms with Crippen molar-refractivity contribution in [3.63, 3.8) is 0 Å². The van der Waals surface area contributed by atoms with E-state index in [0.29, 0.717) is 6.42 Å². The molecule has 4 N–H and O–H groups in total. The molecule has 1 aromatic heterocycles. The molecule has 2 aromatic rings. The Kier molecular flexibility index (Phi) is 8.87. The number of primary amides is 1. The summed E-state index contributed by atoms with van der Waals surface area (Å²) in [6.45, 7) is 6.85. The molecule has 1 aliphatic rings. The molecule has 0 saturated carbocycles. The van der Waals surface area contributed by atoms with Crippen LogP contribution in [0.5, 0.6) is 0 Å². The number of ether oxygens (including phenoxy) is 1. The second-order valence-corrected chi connectivity index (χ2v) is 7.71. The highest BCUT2D eigenvalue weighted by Gasteiger charge is 2.37. The number of para-hydroxylation sites is 1. The Hall–Kier alpha value is -2.38. The number of benzene rings is 1. The minimum Gasteiger partial charge on any atom is -0.379 e. The Morgan fingerprint density at radius 3 is 2.63 bits per heavy atom. The molecule has 0 bridgehead atoms. The van der Waals surface area contributed by atoms with Crippen LogP contribution < -0.4 is 11.1 Å². The van der Waals surface area contributed by atoms with Crippen LogP contribution in [0.25, 0.3) is 10.9 Å². The van der Waals surface area contributed by atoms with E-state index < -0.39 is 11.9 Å². The number of nitrogens with two attached hydrogens (primary N) is 1. The van der Waals surface area contributed by atoms with Gasteiger partial charge in [-0.15, -0.1) is 0 Å². The number of aromatic amines is 1. The van der Waals surface area contributed by atoms with Crippen molar-refractivity contribution in [1.29, 1.82) is 0 Å². The average molecular weight is 417 g/mol. The standard InChI is InChI=1S/C21H30N4O3.C2H6/c1-13(19(28-3)18-9-6-10-25(18)2)21(27)24-17(20(22)26)11-14-12-23-16-8-5-4-7-15(14)16;1-2/h4-5,7-8,12-13,17-19,23H,6,9-11H2,1-3H3,(H2,22,26)(H,24,27);1-2H3/t13-,17+,18+,19-;/m1./s1. The lowest BCUT2D eigenvalue weighted by Gasteiger charge is -2.32. The van der Waals surface area contributed by atoms with Crippen LogP contribution in [-0.4, -0.2) is 60.6 Å². The number of carbonyl (C=O) groups is 2. The van der Waals surface area contributed by atoms with Gasteiger partial charge in [0.2, 0.25) is 11.8 Å². The summed E-state index contributed by atoms with van der Waals surface area (Å²) in [5, 5.41) is 3.87. The number of hydrogen-bond donors (Lipinski definition) is 3. The predicted molar refractivity (Wildman–Crippen MR) is 120 cm³/mol. The molecule has 1 aromatic carbocycles. The van der Waals surface area contributed by atoms with E-state index in [4.69, 9.17) is 10.5 Å². The highest BCUT2D eigenvalue weighted by atomic mass is 16.5. The number of rotatable bonds is 8. The van der Waals surface area contributed by atoms with Gasteiger partial charge in [0.25, 0.3) is 0 Å². The maximum Gasteiger partial charge on any atom is 0.240 e. The summed E-state index contributed by atoms with van der Waals surface area (Å²) in [7, 11) is 3.69. The fourth-order valence-corrected chi connectivity index (χ4v) is 4.24. The van der Waals surface area contributed by atoms with Gasteiger partial charge in [-0.2, -0.15) is 0 Å². The summed E-state index contributed by atoms with van der Waals surface area (Å²) < 4.78 is 5.67. The quantitative estimate of drug-likeness (QED) is 0.615. The number of likely N-dealkylation sites (N-methyl/N-ethyl adjacent to an activating group) is 1. The summed E-state index contributed by atoms with van der Waals surface area (Å²) >= 11 is 0. The first kappa shape index (κ1) is 23.9. The number of hydrogen-bond acceptors (Lipinski definition) is 4. The first-order valence-electron chi connectivity index (χ1n) is 10.8. The Morgan fingerprint density at radius 2 is 2.03 bits per heavy atom. The van der Waals surface area contributed by atoms with Gasteiger partial charge in [0.1, 0.15) is 6.04 Å². The molecular formula is C23H36N4O3. The fraction of sp³-hybridized carbons (Fsp3) is 0.565. The second kappa shape index (κ2) is 11.1. The molecule has 7 heteroatoms. The maximum absolute atomic E-state index is 12.9. The molecule has 7 nitrogen and oxygen atoms in total. The van der Waals surface area contributed by atoms with Gasteiger partial charge in [-0.3, -0.25) is 9.59 Å². The van der Waals surface area contributed by atoms with Crippen molar-refractivity contribution in [2.45, 2.75) is 58.2 Å². The van der Waals surface area contributed by atoms with Gasteiger partial charge in [-0.05, 0) is 38.1 Å². The minimum atomic E-state index is -0.770. The van der Waals surface area contributed by atoms with E-state index in [2.05, 4.69) is 22.2 Å². The van der Waals surface area contributed by atoms with Gasteiger partial charge in [-0.1, -0.05) is 39.0 Å². The number of amides is 2. The lowest BCUT2D eigenvalue weighted by atomic mass is 9.94. The number of fused-ring (bicyclic) bond motifs is 1. The summed E-state index contributed by atoms with van der Waals surface area (Å²) in [4.78, 5) is 30.3. The van der Waals surface area contributed by atoms with Crippen LogP contribution in [0.4, 0.5) is 0 Å². The van der Waals surface area contributed by atoms with Crippen LogP contribution in [-0.2, 0) is 20.7 Å². The molecule has 0 spiro atoms.